The normalized spacial score (nSPS) is 11.0. The largest absolute Gasteiger partial charge is 0.493 e. The zero-order chi connectivity index (χ0) is 21.0. The molecule has 0 spiro atoms. The lowest BCUT2D eigenvalue weighted by atomic mass is 10.1. The van der Waals surface area contributed by atoms with E-state index >= 15 is 0 Å². The molecule has 10 heteroatoms. The summed E-state index contributed by atoms with van der Waals surface area (Å²) in [6.07, 6.45) is 2.85. The smallest absolute Gasteiger partial charge is 0.331 e. The predicted octanol–water partition coefficient (Wildman–Crippen LogP) is 2.24. The van der Waals surface area contributed by atoms with Gasteiger partial charge in [-0.05, 0) is 30.7 Å². The van der Waals surface area contributed by atoms with E-state index in [4.69, 9.17) is 18.9 Å². The second kappa shape index (κ2) is 8.74. The molecule has 0 saturated carbocycles. The van der Waals surface area contributed by atoms with Crippen molar-refractivity contribution >= 4 is 28.3 Å². The topological polar surface area (TPSA) is 101 Å². The van der Waals surface area contributed by atoms with Crippen LogP contribution in [0.5, 0.6) is 17.2 Å². The molecule has 0 aliphatic heterocycles. The van der Waals surface area contributed by atoms with E-state index in [1.165, 1.54) is 49.3 Å². The molecule has 0 radical (unpaired) electrons. The number of aromatic nitrogens is 3. The van der Waals surface area contributed by atoms with Gasteiger partial charge in [-0.25, -0.2) is 9.78 Å². The van der Waals surface area contributed by atoms with Crippen LogP contribution in [0.2, 0.25) is 0 Å². The Morgan fingerprint density at radius 2 is 1.83 bits per heavy atom. The molecule has 0 bridgehead atoms. The van der Waals surface area contributed by atoms with Gasteiger partial charge >= 0.3 is 5.97 Å². The van der Waals surface area contributed by atoms with E-state index < -0.39 is 5.97 Å². The summed E-state index contributed by atoms with van der Waals surface area (Å²) in [6, 6.07) is 4.81. The summed E-state index contributed by atoms with van der Waals surface area (Å²) >= 11 is 1.19. The number of esters is 1. The molecule has 0 N–H and O–H groups in total. The number of benzene rings is 1. The molecule has 152 valence electrons. The highest BCUT2D eigenvalue weighted by molar-refractivity contribution is 7.16. The SMILES string of the molecule is COc1cc(/C=C/C(=O)OCc2nn3c(=O)cc(C)nc3s2)cc(OC)c1OC. The van der Waals surface area contributed by atoms with Crippen molar-refractivity contribution < 1.29 is 23.7 Å². The predicted molar refractivity (Wildman–Crippen MR) is 107 cm³/mol. The molecule has 9 nitrogen and oxygen atoms in total. The molecule has 2 heterocycles. The van der Waals surface area contributed by atoms with E-state index in [0.29, 0.717) is 38.5 Å². The Bertz CT molecular complexity index is 1110. The standard InChI is InChI=1S/C19H19N3O6S/c1-11-7-16(23)22-19(20-11)29-15(21-22)10-28-17(24)6-5-12-8-13(25-2)18(27-4)14(9-12)26-3/h5-9H,10H2,1-4H3/b6-5+. The quantitative estimate of drug-likeness (QED) is 0.426. The van der Waals surface area contributed by atoms with Crippen molar-refractivity contribution in [2.45, 2.75) is 13.5 Å². The molecule has 29 heavy (non-hydrogen) atoms. The summed E-state index contributed by atoms with van der Waals surface area (Å²) in [5.74, 6) is 0.851. The Kier molecular flexibility index (Phi) is 6.13. The van der Waals surface area contributed by atoms with Gasteiger partial charge in [0.05, 0.1) is 21.3 Å². The average molecular weight is 417 g/mol. The van der Waals surface area contributed by atoms with Crippen molar-refractivity contribution in [1.82, 2.24) is 14.6 Å². The molecule has 1 aromatic carbocycles. The monoisotopic (exact) mass is 417 g/mol. The average Bonchev–Trinajstić information content (AvgIpc) is 3.13. The van der Waals surface area contributed by atoms with Crippen LogP contribution in [0.25, 0.3) is 11.0 Å². The van der Waals surface area contributed by atoms with Crippen LogP contribution in [0, 0.1) is 6.92 Å². The highest BCUT2D eigenvalue weighted by Crippen LogP contribution is 2.38. The summed E-state index contributed by atoms with van der Waals surface area (Å²) in [6.45, 7) is 1.67. The van der Waals surface area contributed by atoms with Gasteiger partial charge in [0.2, 0.25) is 10.7 Å². The third kappa shape index (κ3) is 4.54. The fraction of sp³-hybridized carbons (Fsp3) is 0.263. The van der Waals surface area contributed by atoms with Gasteiger partial charge in [0, 0.05) is 17.8 Å². The molecule has 3 aromatic rings. The number of carbonyl (C=O) groups excluding carboxylic acids is 1. The third-order valence-corrected chi connectivity index (χ3v) is 4.73. The van der Waals surface area contributed by atoms with Gasteiger partial charge in [0.15, 0.2) is 16.5 Å². The summed E-state index contributed by atoms with van der Waals surface area (Å²) < 4.78 is 22.2. The Morgan fingerprint density at radius 1 is 1.14 bits per heavy atom. The molecule has 0 unspecified atom stereocenters. The lowest BCUT2D eigenvalue weighted by Crippen LogP contribution is -2.14. The molecule has 0 saturated heterocycles. The minimum absolute atomic E-state index is 0.0645. The summed E-state index contributed by atoms with van der Waals surface area (Å²) in [5, 5.41) is 4.59. The fourth-order valence-electron chi connectivity index (χ4n) is 2.56. The van der Waals surface area contributed by atoms with Crippen molar-refractivity contribution in [2.24, 2.45) is 0 Å². The molecule has 0 amide bonds. The van der Waals surface area contributed by atoms with Crippen molar-refractivity contribution in [3.8, 4) is 17.2 Å². The van der Waals surface area contributed by atoms with Crippen molar-refractivity contribution in [3.05, 3.63) is 50.9 Å². The highest BCUT2D eigenvalue weighted by atomic mass is 32.1. The van der Waals surface area contributed by atoms with E-state index in [1.807, 2.05) is 0 Å². The van der Waals surface area contributed by atoms with Gasteiger partial charge < -0.3 is 18.9 Å². The van der Waals surface area contributed by atoms with Crippen molar-refractivity contribution in [3.63, 3.8) is 0 Å². The summed E-state index contributed by atoms with van der Waals surface area (Å²) in [5.41, 5.74) is 1.00. The fourth-order valence-corrected chi connectivity index (χ4v) is 3.42. The second-order valence-corrected chi connectivity index (χ2v) is 6.87. The van der Waals surface area contributed by atoms with E-state index in [2.05, 4.69) is 10.1 Å². The van der Waals surface area contributed by atoms with Crippen molar-refractivity contribution in [1.29, 1.82) is 0 Å². The van der Waals surface area contributed by atoms with Gasteiger partial charge in [-0.3, -0.25) is 4.79 Å². The minimum Gasteiger partial charge on any atom is -0.493 e. The lowest BCUT2D eigenvalue weighted by Gasteiger charge is -2.12. The molecule has 0 atom stereocenters. The zero-order valence-corrected chi connectivity index (χ0v) is 17.1. The number of rotatable bonds is 7. The van der Waals surface area contributed by atoms with E-state index in [1.54, 1.807) is 25.1 Å². The van der Waals surface area contributed by atoms with E-state index in [0.717, 1.165) is 0 Å². The molecule has 0 aliphatic carbocycles. The molecule has 0 aliphatic rings. The van der Waals surface area contributed by atoms with Gasteiger partial charge in [-0.2, -0.15) is 9.61 Å². The minimum atomic E-state index is -0.561. The van der Waals surface area contributed by atoms with Crippen LogP contribution >= 0.6 is 11.3 Å². The van der Waals surface area contributed by atoms with Crippen LogP contribution in [0.4, 0.5) is 0 Å². The van der Waals surface area contributed by atoms with Crippen LogP contribution in [0.15, 0.2) is 29.1 Å². The maximum absolute atomic E-state index is 12.1. The number of hydrogen-bond acceptors (Lipinski definition) is 9. The van der Waals surface area contributed by atoms with Gasteiger partial charge in [-0.1, -0.05) is 11.3 Å². The number of ether oxygens (including phenoxy) is 4. The number of carbonyl (C=O) groups is 1. The Balaban J connectivity index is 1.70. The molecule has 3 rings (SSSR count). The number of fused-ring (bicyclic) bond motifs is 1. The third-order valence-electron chi connectivity index (χ3n) is 3.85. The lowest BCUT2D eigenvalue weighted by molar-refractivity contribution is -0.138. The first-order valence-electron chi connectivity index (χ1n) is 8.46. The van der Waals surface area contributed by atoms with Crippen LogP contribution in [0.1, 0.15) is 16.3 Å². The molecule has 0 fully saturated rings. The first-order valence-corrected chi connectivity index (χ1v) is 9.28. The zero-order valence-electron chi connectivity index (χ0n) is 16.3. The first-order chi connectivity index (χ1) is 13.9. The maximum atomic E-state index is 12.1. The van der Waals surface area contributed by atoms with Gasteiger partial charge in [-0.15, -0.1) is 0 Å². The van der Waals surface area contributed by atoms with Gasteiger partial charge in [0.1, 0.15) is 6.61 Å². The number of aryl methyl sites for hydroxylation is 1. The van der Waals surface area contributed by atoms with Crippen LogP contribution in [-0.4, -0.2) is 41.9 Å². The summed E-state index contributed by atoms with van der Waals surface area (Å²) in [7, 11) is 4.54. The number of methoxy groups -OCH3 is 3. The summed E-state index contributed by atoms with van der Waals surface area (Å²) in [4.78, 5) is 28.6. The van der Waals surface area contributed by atoms with E-state index in [-0.39, 0.29) is 12.2 Å². The Hall–Kier alpha value is -3.40. The Labute approximate surface area is 170 Å². The second-order valence-electron chi connectivity index (χ2n) is 5.83. The van der Waals surface area contributed by atoms with Gasteiger partial charge in [0.25, 0.3) is 5.56 Å². The first kappa shape index (κ1) is 20.3. The van der Waals surface area contributed by atoms with Crippen LogP contribution < -0.4 is 19.8 Å². The van der Waals surface area contributed by atoms with Crippen LogP contribution in [-0.2, 0) is 16.1 Å². The highest BCUT2D eigenvalue weighted by Gasteiger charge is 2.13. The number of nitrogens with zero attached hydrogens (tertiary/aromatic N) is 3. The maximum Gasteiger partial charge on any atom is 0.331 e. The number of hydrogen-bond donors (Lipinski definition) is 0. The molecule has 2 aromatic heterocycles. The van der Waals surface area contributed by atoms with Crippen molar-refractivity contribution in [2.75, 3.05) is 21.3 Å². The van der Waals surface area contributed by atoms with Crippen LogP contribution in [0.3, 0.4) is 0 Å². The molecular weight excluding hydrogens is 398 g/mol. The Morgan fingerprint density at radius 3 is 2.45 bits per heavy atom. The molecular formula is C19H19N3O6S. The van der Waals surface area contributed by atoms with E-state index in [9.17, 15) is 9.59 Å².